The first kappa shape index (κ1) is 7.23. The minimum Gasteiger partial charge on any atom is -0.166 e. The average molecular weight is 168 g/mol. The fourth-order valence-electron chi connectivity index (χ4n) is 1.09. The van der Waals surface area contributed by atoms with Gasteiger partial charge in [-0.15, -0.1) is 0 Å². The second-order valence-electron chi connectivity index (χ2n) is 2.48. The first-order chi connectivity index (χ1) is 5.59. The molecule has 0 saturated heterocycles. The lowest BCUT2D eigenvalue weighted by atomic mass is 9.95. The van der Waals surface area contributed by atoms with Gasteiger partial charge < -0.3 is 0 Å². The zero-order chi connectivity index (χ0) is 8.77. The number of halogens is 3. The molecule has 3 heteroatoms. The van der Waals surface area contributed by atoms with Crippen molar-refractivity contribution in [3.8, 4) is 11.8 Å². The number of hydrogen-bond donors (Lipinski definition) is 0. The molecule has 0 radical (unpaired) electrons. The molecule has 0 saturated carbocycles. The van der Waals surface area contributed by atoms with Crippen molar-refractivity contribution in [3.63, 3.8) is 0 Å². The normalized spacial score (nSPS) is 12.6. The second kappa shape index (κ2) is 2.04. The SMILES string of the molecule is FC(F)(F)c1cccc2c1C#C2. The summed E-state index contributed by atoms with van der Waals surface area (Å²) >= 11 is 0. The molecule has 0 fully saturated rings. The number of alkyl halides is 3. The first-order valence-corrected chi connectivity index (χ1v) is 3.31. The third-order valence-corrected chi connectivity index (χ3v) is 1.69. The largest absolute Gasteiger partial charge is 0.417 e. The monoisotopic (exact) mass is 168 g/mol. The molecule has 12 heavy (non-hydrogen) atoms. The number of fused-ring (bicyclic) bond motifs is 1. The highest BCUT2D eigenvalue weighted by Gasteiger charge is 2.34. The third-order valence-electron chi connectivity index (χ3n) is 1.69. The van der Waals surface area contributed by atoms with E-state index < -0.39 is 11.7 Å². The van der Waals surface area contributed by atoms with Gasteiger partial charge in [-0.2, -0.15) is 13.2 Å². The van der Waals surface area contributed by atoms with Crippen LogP contribution in [0.25, 0.3) is 0 Å². The molecule has 1 aliphatic rings. The zero-order valence-corrected chi connectivity index (χ0v) is 5.87. The average Bonchev–Trinajstić information content (AvgIpc) is 1.88. The third kappa shape index (κ3) is 0.884. The van der Waals surface area contributed by atoms with Gasteiger partial charge in [0.15, 0.2) is 0 Å². The van der Waals surface area contributed by atoms with Crippen LogP contribution in [-0.2, 0) is 6.18 Å². The Morgan fingerprint density at radius 2 is 1.83 bits per heavy atom. The number of hydrogen-bond acceptors (Lipinski definition) is 0. The van der Waals surface area contributed by atoms with Crippen molar-refractivity contribution in [1.29, 1.82) is 0 Å². The van der Waals surface area contributed by atoms with Crippen LogP contribution in [0.5, 0.6) is 0 Å². The predicted octanol–water partition coefficient (Wildman–Crippen LogP) is 2.42. The molecule has 0 amide bonds. The molecule has 0 aromatic heterocycles. The maximum absolute atomic E-state index is 12.2. The molecule has 1 aromatic carbocycles. The molecule has 0 heterocycles. The van der Waals surface area contributed by atoms with Crippen LogP contribution in [-0.4, -0.2) is 0 Å². The molecule has 1 aliphatic carbocycles. The van der Waals surface area contributed by atoms with E-state index in [1.165, 1.54) is 6.07 Å². The van der Waals surface area contributed by atoms with Gasteiger partial charge in [0.1, 0.15) is 0 Å². The van der Waals surface area contributed by atoms with Crippen molar-refractivity contribution in [3.05, 3.63) is 34.9 Å². The van der Waals surface area contributed by atoms with E-state index in [0.29, 0.717) is 5.56 Å². The van der Waals surface area contributed by atoms with Crippen LogP contribution in [0.2, 0.25) is 0 Å². The van der Waals surface area contributed by atoms with Crippen LogP contribution in [0.4, 0.5) is 13.2 Å². The predicted molar refractivity (Wildman–Crippen MR) is 37.4 cm³/mol. The van der Waals surface area contributed by atoms with Gasteiger partial charge in [0.2, 0.25) is 0 Å². The van der Waals surface area contributed by atoms with E-state index in [2.05, 4.69) is 11.8 Å². The Bertz CT molecular complexity index is 390. The lowest BCUT2D eigenvalue weighted by molar-refractivity contribution is -0.137. The van der Waals surface area contributed by atoms with Gasteiger partial charge in [-0.3, -0.25) is 0 Å². The van der Waals surface area contributed by atoms with Gasteiger partial charge in [-0.05, 0) is 12.1 Å². The Balaban J connectivity index is 2.59. The zero-order valence-electron chi connectivity index (χ0n) is 5.87. The highest BCUT2D eigenvalue weighted by atomic mass is 19.4. The number of benzene rings is 1. The minimum absolute atomic E-state index is 0.130. The first-order valence-electron chi connectivity index (χ1n) is 3.31. The second-order valence-corrected chi connectivity index (χ2v) is 2.48. The molecule has 0 bridgehead atoms. The van der Waals surface area contributed by atoms with Crippen molar-refractivity contribution >= 4 is 0 Å². The summed E-state index contributed by atoms with van der Waals surface area (Å²) in [5, 5.41) is 0. The Morgan fingerprint density at radius 3 is 2.25 bits per heavy atom. The van der Waals surface area contributed by atoms with Crippen molar-refractivity contribution < 1.29 is 13.2 Å². The summed E-state index contributed by atoms with van der Waals surface area (Å²) < 4.78 is 36.6. The molecule has 60 valence electrons. The summed E-state index contributed by atoms with van der Waals surface area (Å²) in [7, 11) is 0. The van der Waals surface area contributed by atoms with Crippen LogP contribution < -0.4 is 0 Å². The van der Waals surface area contributed by atoms with Crippen molar-refractivity contribution in [2.24, 2.45) is 0 Å². The van der Waals surface area contributed by atoms with Gasteiger partial charge >= 0.3 is 6.18 Å². The molecular formula is C9H3F3. The highest BCUT2D eigenvalue weighted by molar-refractivity contribution is 5.64. The van der Waals surface area contributed by atoms with E-state index in [9.17, 15) is 13.2 Å². The van der Waals surface area contributed by atoms with Gasteiger partial charge in [-0.25, -0.2) is 0 Å². The summed E-state index contributed by atoms with van der Waals surface area (Å²) in [5.41, 5.74) is -0.00595. The van der Waals surface area contributed by atoms with Crippen LogP contribution in [0.15, 0.2) is 18.2 Å². The maximum atomic E-state index is 12.2. The highest BCUT2D eigenvalue weighted by Crippen LogP contribution is 2.34. The standard InChI is InChI=1S/C9H3F3/c10-9(11,12)8-3-1-2-6-4-5-7(6)8/h1-3H. The Morgan fingerprint density at radius 1 is 1.08 bits per heavy atom. The lowest BCUT2D eigenvalue weighted by Crippen LogP contribution is -2.11. The van der Waals surface area contributed by atoms with E-state index in [1.54, 1.807) is 6.07 Å². The minimum atomic E-state index is -4.28. The van der Waals surface area contributed by atoms with E-state index in [1.807, 2.05) is 0 Å². The molecule has 0 atom stereocenters. The molecule has 2 rings (SSSR count). The maximum Gasteiger partial charge on any atom is 0.417 e. The molecular weight excluding hydrogens is 165 g/mol. The van der Waals surface area contributed by atoms with Crippen molar-refractivity contribution in [2.45, 2.75) is 6.18 Å². The van der Waals surface area contributed by atoms with Crippen LogP contribution in [0.3, 0.4) is 0 Å². The van der Waals surface area contributed by atoms with E-state index in [0.717, 1.165) is 6.07 Å². The van der Waals surface area contributed by atoms with Gasteiger partial charge in [0.25, 0.3) is 0 Å². The summed E-state index contributed by atoms with van der Waals surface area (Å²) in [6.07, 6.45) is -4.28. The molecule has 0 aliphatic heterocycles. The van der Waals surface area contributed by atoms with Gasteiger partial charge in [-0.1, -0.05) is 17.9 Å². The van der Waals surface area contributed by atoms with Crippen molar-refractivity contribution in [1.82, 2.24) is 0 Å². The van der Waals surface area contributed by atoms with Crippen LogP contribution in [0.1, 0.15) is 16.7 Å². The lowest BCUT2D eigenvalue weighted by Gasteiger charge is -2.13. The Hall–Kier alpha value is -1.43. The van der Waals surface area contributed by atoms with Gasteiger partial charge in [0.05, 0.1) is 11.1 Å². The van der Waals surface area contributed by atoms with E-state index in [4.69, 9.17) is 0 Å². The molecule has 0 unspecified atom stereocenters. The summed E-state index contributed by atoms with van der Waals surface area (Å²) in [4.78, 5) is 0. The fraction of sp³-hybridized carbons (Fsp3) is 0.111. The topological polar surface area (TPSA) is 0 Å². The van der Waals surface area contributed by atoms with Crippen LogP contribution in [0, 0.1) is 11.8 Å². The Kier molecular flexibility index (Phi) is 1.23. The molecule has 0 spiro atoms. The van der Waals surface area contributed by atoms with Gasteiger partial charge in [0, 0.05) is 5.56 Å². The Labute approximate surface area is 67.0 Å². The number of rotatable bonds is 0. The molecule has 0 N–H and O–H groups in total. The van der Waals surface area contributed by atoms with Crippen LogP contribution >= 0.6 is 0 Å². The summed E-state index contributed by atoms with van der Waals surface area (Å²) in [5.74, 6) is 4.95. The fourth-order valence-corrected chi connectivity index (χ4v) is 1.09. The summed E-state index contributed by atoms with van der Waals surface area (Å²) in [6.45, 7) is 0. The van der Waals surface area contributed by atoms with E-state index in [-0.39, 0.29) is 5.56 Å². The van der Waals surface area contributed by atoms with E-state index >= 15 is 0 Å². The molecule has 0 nitrogen and oxygen atoms in total. The summed E-state index contributed by atoms with van der Waals surface area (Å²) in [6, 6.07) is 4.00. The quantitative estimate of drug-likeness (QED) is 0.530. The smallest absolute Gasteiger partial charge is 0.166 e. The molecule has 1 aromatic rings. The van der Waals surface area contributed by atoms with Crippen molar-refractivity contribution in [2.75, 3.05) is 0 Å².